The van der Waals surface area contributed by atoms with Crippen molar-refractivity contribution in [2.45, 2.75) is 86.0 Å². The van der Waals surface area contributed by atoms with Gasteiger partial charge in [0, 0.05) is 0 Å². The Morgan fingerprint density at radius 1 is 0.882 bits per heavy atom. The second-order valence-electron chi connectivity index (χ2n) is 5.89. The molecule has 0 aliphatic heterocycles. The maximum atomic E-state index is 2.47. The highest BCUT2D eigenvalue weighted by molar-refractivity contribution is 5.02. The third kappa shape index (κ3) is 9.44. The van der Waals surface area contributed by atoms with Crippen LogP contribution in [-0.2, 0) is 0 Å². The fourth-order valence-corrected chi connectivity index (χ4v) is 2.14. The standard InChI is InChI=1S/C17H34/c1-6-7-8-9-10-11-12-13-14-16(4)17(5)15(2)3/h14-15,17H,6-13H2,1-5H3/b16-14+. The number of allylic oxidation sites excluding steroid dienone is 2. The minimum absolute atomic E-state index is 0.750. The molecule has 0 aromatic heterocycles. The average molecular weight is 238 g/mol. The van der Waals surface area contributed by atoms with Crippen LogP contribution in [0.15, 0.2) is 11.6 Å². The molecule has 0 radical (unpaired) electrons. The smallest absolute Gasteiger partial charge is 0.0211 e. The van der Waals surface area contributed by atoms with Gasteiger partial charge in [0.05, 0.1) is 0 Å². The fourth-order valence-electron chi connectivity index (χ4n) is 2.14. The topological polar surface area (TPSA) is 0 Å². The first-order valence-electron chi connectivity index (χ1n) is 7.76. The molecule has 0 rings (SSSR count). The van der Waals surface area contributed by atoms with Crippen LogP contribution in [0.2, 0.25) is 0 Å². The second-order valence-corrected chi connectivity index (χ2v) is 5.89. The molecule has 0 fully saturated rings. The van der Waals surface area contributed by atoms with Crippen LogP contribution in [0, 0.1) is 11.8 Å². The predicted molar refractivity (Wildman–Crippen MR) is 80.4 cm³/mol. The summed E-state index contributed by atoms with van der Waals surface area (Å²) in [7, 11) is 0. The molecule has 0 nitrogen and oxygen atoms in total. The Labute approximate surface area is 110 Å². The molecule has 0 aromatic carbocycles. The fraction of sp³-hybridized carbons (Fsp3) is 0.882. The quantitative estimate of drug-likeness (QED) is 0.306. The molecule has 0 heteroatoms. The maximum absolute atomic E-state index is 2.47. The molecule has 1 unspecified atom stereocenters. The normalized spacial score (nSPS) is 14.4. The van der Waals surface area contributed by atoms with Gasteiger partial charge in [-0.05, 0) is 31.6 Å². The van der Waals surface area contributed by atoms with Gasteiger partial charge in [-0.1, -0.05) is 77.9 Å². The molecule has 17 heavy (non-hydrogen) atoms. The third-order valence-corrected chi connectivity index (χ3v) is 3.99. The van der Waals surface area contributed by atoms with E-state index in [2.05, 4.69) is 40.7 Å². The van der Waals surface area contributed by atoms with Crippen LogP contribution in [0.4, 0.5) is 0 Å². The Hall–Kier alpha value is -0.260. The number of hydrogen-bond donors (Lipinski definition) is 0. The summed E-state index contributed by atoms with van der Waals surface area (Å²) in [5.74, 6) is 1.53. The summed E-state index contributed by atoms with van der Waals surface area (Å²) in [6.45, 7) is 11.6. The minimum atomic E-state index is 0.750. The predicted octanol–water partition coefficient (Wildman–Crippen LogP) is 6.37. The van der Waals surface area contributed by atoms with E-state index in [1.54, 1.807) is 5.57 Å². The largest absolute Gasteiger partial charge is 0.0853 e. The molecule has 0 amide bonds. The van der Waals surface area contributed by atoms with Crippen molar-refractivity contribution >= 4 is 0 Å². The van der Waals surface area contributed by atoms with Crippen molar-refractivity contribution in [2.24, 2.45) is 11.8 Å². The van der Waals surface area contributed by atoms with Gasteiger partial charge < -0.3 is 0 Å². The molecule has 0 aliphatic rings. The Morgan fingerprint density at radius 3 is 1.94 bits per heavy atom. The molecule has 0 aliphatic carbocycles. The van der Waals surface area contributed by atoms with Gasteiger partial charge in [-0.2, -0.15) is 0 Å². The molecule has 0 bridgehead atoms. The van der Waals surface area contributed by atoms with E-state index in [-0.39, 0.29) is 0 Å². The monoisotopic (exact) mass is 238 g/mol. The summed E-state index contributed by atoms with van der Waals surface area (Å²) in [5, 5.41) is 0. The zero-order valence-electron chi connectivity index (χ0n) is 12.9. The summed E-state index contributed by atoms with van der Waals surface area (Å²) >= 11 is 0. The second kappa shape index (κ2) is 10.9. The molecule has 0 saturated carbocycles. The van der Waals surface area contributed by atoms with Crippen molar-refractivity contribution in [1.29, 1.82) is 0 Å². The summed E-state index contributed by atoms with van der Waals surface area (Å²) in [6.07, 6.45) is 13.7. The molecular formula is C17H34. The Kier molecular flexibility index (Phi) is 10.7. The van der Waals surface area contributed by atoms with Crippen LogP contribution in [0.5, 0.6) is 0 Å². The van der Waals surface area contributed by atoms with Crippen molar-refractivity contribution in [1.82, 2.24) is 0 Å². The summed E-state index contributed by atoms with van der Waals surface area (Å²) in [6, 6.07) is 0. The lowest BCUT2D eigenvalue weighted by atomic mass is 9.90. The van der Waals surface area contributed by atoms with Gasteiger partial charge in [0.25, 0.3) is 0 Å². The van der Waals surface area contributed by atoms with Gasteiger partial charge in [-0.25, -0.2) is 0 Å². The maximum Gasteiger partial charge on any atom is -0.0211 e. The first-order valence-corrected chi connectivity index (χ1v) is 7.76. The summed E-state index contributed by atoms with van der Waals surface area (Å²) in [5.41, 5.74) is 1.59. The van der Waals surface area contributed by atoms with Gasteiger partial charge in [0.2, 0.25) is 0 Å². The van der Waals surface area contributed by atoms with Gasteiger partial charge in [0.15, 0.2) is 0 Å². The van der Waals surface area contributed by atoms with Crippen molar-refractivity contribution in [3.63, 3.8) is 0 Å². The average Bonchev–Trinajstić information content (AvgIpc) is 2.31. The number of hydrogen-bond acceptors (Lipinski definition) is 0. The lowest BCUT2D eigenvalue weighted by Crippen LogP contribution is -2.04. The SMILES string of the molecule is CCCCCCCCC/C=C(\C)C(C)C(C)C. The van der Waals surface area contributed by atoms with Crippen LogP contribution in [0.1, 0.15) is 86.0 Å². The lowest BCUT2D eigenvalue weighted by molar-refractivity contribution is 0.478. The highest BCUT2D eigenvalue weighted by Crippen LogP contribution is 2.20. The molecule has 1 atom stereocenters. The van der Waals surface area contributed by atoms with E-state index < -0.39 is 0 Å². The lowest BCUT2D eigenvalue weighted by Gasteiger charge is -2.16. The number of unbranched alkanes of at least 4 members (excludes halogenated alkanes) is 7. The van der Waals surface area contributed by atoms with Crippen LogP contribution >= 0.6 is 0 Å². The van der Waals surface area contributed by atoms with E-state index in [1.807, 2.05) is 0 Å². The van der Waals surface area contributed by atoms with E-state index in [1.165, 1.54) is 51.4 Å². The molecule has 102 valence electrons. The molecule has 0 spiro atoms. The summed E-state index contributed by atoms with van der Waals surface area (Å²) in [4.78, 5) is 0. The van der Waals surface area contributed by atoms with Crippen LogP contribution in [0.25, 0.3) is 0 Å². The third-order valence-electron chi connectivity index (χ3n) is 3.99. The van der Waals surface area contributed by atoms with E-state index in [4.69, 9.17) is 0 Å². The zero-order chi connectivity index (χ0) is 13.1. The van der Waals surface area contributed by atoms with Gasteiger partial charge in [0.1, 0.15) is 0 Å². The van der Waals surface area contributed by atoms with Gasteiger partial charge in [-0.3, -0.25) is 0 Å². The van der Waals surface area contributed by atoms with Gasteiger partial charge in [-0.15, -0.1) is 0 Å². The Morgan fingerprint density at radius 2 is 1.41 bits per heavy atom. The van der Waals surface area contributed by atoms with Crippen molar-refractivity contribution in [3.8, 4) is 0 Å². The Balaban J connectivity index is 3.46. The van der Waals surface area contributed by atoms with Crippen LogP contribution in [0.3, 0.4) is 0 Å². The van der Waals surface area contributed by atoms with Gasteiger partial charge >= 0.3 is 0 Å². The zero-order valence-corrected chi connectivity index (χ0v) is 12.9. The highest BCUT2D eigenvalue weighted by atomic mass is 14.1. The van der Waals surface area contributed by atoms with Crippen molar-refractivity contribution in [2.75, 3.05) is 0 Å². The minimum Gasteiger partial charge on any atom is -0.0853 e. The summed E-state index contributed by atoms with van der Waals surface area (Å²) < 4.78 is 0. The van der Waals surface area contributed by atoms with Crippen molar-refractivity contribution < 1.29 is 0 Å². The van der Waals surface area contributed by atoms with E-state index in [9.17, 15) is 0 Å². The molecule has 0 heterocycles. The molecule has 0 aromatic rings. The number of rotatable bonds is 10. The Bertz CT molecular complexity index is 188. The van der Waals surface area contributed by atoms with E-state index >= 15 is 0 Å². The molecule has 0 saturated heterocycles. The van der Waals surface area contributed by atoms with Crippen molar-refractivity contribution in [3.05, 3.63) is 11.6 Å². The van der Waals surface area contributed by atoms with E-state index in [0.717, 1.165) is 11.8 Å². The van der Waals surface area contributed by atoms with Crippen LogP contribution < -0.4 is 0 Å². The first kappa shape index (κ1) is 16.7. The van der Waals surface area contributed by atoms with E-state index in [0.29, 0.717) is 0 Å². The van der Waals surface area contributed by atoms with Crippen LogP contribution in [-0.4, -0.2) is 0 Å². The first-order chi connectivity index (χ1) is 8.09. The molecular weight excluding hydrogens is 204 g/mol. The molecule has 0 N–H and O–H groups in total. The highest BCUT2D eigenvalue weighted by Gasteiger charge is 2.07.